The molecule has 3 aliphatic rings. The predicted molar refractivity (Wildman–Crippen MR) is 144 cm³/mol. The number of hydrogen-bond donors (Lipinski definition) is 1. The van der Waals surface area contributed by atoms with Gasteiger partial charge in [-0.2, -0.15) is 15.1 Å². The van der Waals surface area contributed by atoms with E-state index >= 15 is 0 Å². The maximum absolute atomic E-state index is 12.8. The quantitative estimate of drug-likeness (QED) is 0.551. The highest BCUT2D eigenvalue weighted by molar-refractivity contribution is 8.27. The van der Waals surface area contributed by atoms with E-state index in [2.05, 4.69) is 16.2 Å². The monoisotopic (exact) mass is 517 g/mol. The Labute approximate surface area is 219 Å². The van der Waals surface area contributed by atoms with Gasteiger partial charge >= 0.3 is 0 Å². The summed E-state index contributed by atoms with van der Waals surface area (Å²) in [4.78, 5) is 31.2. The Hall–Kier alpha value is -3.92. The van der Waals surface area contributed by atoms with Crippen molar-refractivity contribution in [2.24, 2.45) is 10.1 Å². The van der Waals surface area contributed by atoms with Gasteiger partial charge in [0, 0.05) is 13.1 Å². The Bertz CT molecular complexity index is 1360. The molecule has 9 nitrogen and oxygen atoms in total. The third-order valence-corrected chi connectivity index (χ3v) is 7.14. The first kappa shape index (κ1) is 24.8. The maximum Gasteiger partial charge on any atom is 0.283 e. The van der Waals surface area contributed by atoms with E-state index < -0.39 is 5.91 Å². The molecule has 0 bridgehead atoms. The maximum atomic E-state index is 12.8. The van der Waals surface area contributed by atoms with Gasteiger partial charge in [-0.1, -0.05) is 35.9 Å². The molecule has 190 valence electrons. The number of aryl methyl sites for hydroxylation is 1. The number of amides is 2. The number of carbonyl (C=O) groups excluding carboxylic acids is 2. The Morgan fingerprint density at radius 3 is 2.73 bits per heavy atom. The summed E-state index contributed by atoms with van der Waals surface area (Å²) in [7, 11) is 1.55. The fourth-order valence-electron chi connectivity index (χ4n) is 4.33. The molecule has 0 atom stereocenters. The van der Waals surface area contributed by atoms with Crippen LogP contribution >= 0.6 is 11.8 Å². The van der Waals surface area contributed by atoms with Gasteiger partial charge in [-0.25, -0.2) is 0 Å². The highest BCUT2D eigenvalue weighted by Gasteiger charge is 2.36. The van der Waals surface area contributed by atoms with E-state index in [1.165, 1.54) is 5.01 Å². The zero-order valence-corrected chi connectivity index (χ0v) is 21.5. The summed E-state index contributed by atoms with van der Waals surface area (Å²) >= 11 is 1.16. The molecule has 2 aromatic carbocycles. The van der Waals surface area contributed by atoms with Crippen molar-refractivity contribution in [1.82, 2.24) is 9.91 Å². The second-order valence-corrected chi connectivity index (χ2v) is 10.0. The average molecular weight is 518 g/mol. The van der Waals surface area contributed by atoms with Crippen molar-refractivity contribution in [2.75, 3.05) is 20.2 Å². The Morgan fingerprint density at radius 2 is 1.97 bits per heavy atom. The molecule has 1 saturated heterocycles. The van der Waals surface area contributed by atoms with Gasteiger partial charge in [0.1, 0.15) is 11.7 Å². The Balaban J connectivity index is 1.31. The van der Waals surface area contributed by atoms with Crippen LogP contribution in [0.15, 0.2) is 58.1 Å². The summed E-state index contributed by atoms with van der Waals surface area (Å²) in [5, 5.41) is 15.2. The number of methoxy groups -OCH3 is 1. The first-order chi connectivity index (χ1) is 17.9. The molecule has 0 aliphatic carbocycles. The van der Waals surface area contributed by atoms with Crippen molar-refractivity contribution in [3.8, 4) is 11.5 Å². The van der Waals surface area contributed by atoms with Crippen LogP contribution < -0.4 is 9.47 Å². The number of benzene rings is 2. The number of nitrogens with one attached hydrogen (secondary N) is 1. The first-order valence-electron chi connectivity index (χ1n) is 12.0. The topological polar surface area (TPSA) is 108 Å². The molecular formula is C27H27N5O4S. The highest BCUT2D eigenvalue weighted by atomic mass is 32.2. The number of thioether (sulfide) groups is 1. The minimum absolute atomic E-state index is 0.00891. The normalized spacial score (nSPS) is 18.2. The van der Waals surface area contributed by atoms with E-state index in [-0.39, 0.29) is 23.7 Å². The molecule has 1 fully saturated rings. The van der Waals surface area contributed by atoms with Gasteiger partial charge in [-0.3, -0.25) is 15.0 Å². The number of rotatable bonds is 7. The van der Waals surface area contributed by atoms with E-state index in [9.17, 15) is 9.59 Å². The van der Waals surface area contributed by atoms with Gasteiger partial charge in [0.15, 0.2) is 17.3 Å². The average Bonchev–Trinajstić information content (AvgIpc) is 3.56. The molecule has 0 radical (unpaired) electrons. The Kier molecular flexibility index (Phi) is 7.09. The van der Waals surface area contributed by atoms with Crippen LogP contribution in [-0.2, 0) is 16.2 Å². The van der Waals surface area contributed by atoms with Gasteiger partial charge < -0.3 is 14.4 Å². The van der Waals surface area contributed by atoms with Crippen molar-refractivity contribution < 1.29 is 19.1 Å². The minimum atomic E-state index is -0.523. The van der Waals surface area contributed by atoms with E-state index in [1.807, 2.05) is 30.0 Å². The van der Waals surface area contributed by atoms with Crippen molar-refractivity contribution >= 4 is 45.7 Å². The number of hydrogen-bond acceptors (Lipinski definition) is 7. The second-order valence-electron chi connectivity index (χ2n) is 8.97. The van der Waals surface area contributed by atoms with Gasteiger partial charge in [0.2, 0.25) is 11.1 Å². The molecule has 2 aromatic rings. The number of ether oxygens (including phenoxy) is 2. The lowest BCUT2D eigenvalue weighted by Crippen LogP contribution is -2.35. The molecule has 0 aromatic heterocycles. The predicted octanol–water partition coefficient (Wildman–Crippen LogP) is 4.21. The highest BCUT2D eigenvalue weighted by Crippen LogP contribution is 2.32. The molecule has 2 amide bonds. The zero-order chi connectivity index (χ0) is 25.9. The first-order valence-corrected chi connectivity index (χ1v) is 12.9. The number of carbonyl (C=O) groups is 2. The largest absolute Gasteiger partial charge is 0.493 e. The van der Waals surface area contributed by atoms with Gasteiger partial charge in [0.25, 0.3) is 5.91 Å². The molecule has 0 unspecified atom stereocenters. The van der Waals surface area contributed by atoms with Crippen molar-refractivity contribution in [3.63, 3.8) is 0 Å². The number of amidine groups is 2. The van der Waals surface area contributed by atoms with E-state index in [0.717, 1.165) is 48.8 Å². The van der Waals surface area contributed by atoms with Gasteiger partial charge in [-0.05, 0) is 60.9 Å². The van der Waals surface area contributed by atoms with Crippen molar-refractivity contribution in [1.29, 1.82) is 5.41 Å². The number of likely N-dealkylation sites (tertiary alicyclic amines) is 1. The summed E-state index contributed by atoms with van der Waals surface area (Å²) in [6.07, 6.45) is 3.76. The lowest BCUT2D eigenvalue weighted by molar-refractivity contribution is -0.128. The zero-order valence-electron chi connectivity index (χ0n) is 20.7. The SMILES string of the molecule is COc1cc(/C=C2/C(=N)N3N=C(CC(=O)N4CCCC4)SC3=NC2=O)ccc1OCc1cccc(C)c1. The Morgan fingerprint density at radius 1 is 1.16 bits per heavy atom. The number of nitrogens with zero attached hydrogens (tertiary/aromatic N) is 4. The standard InChI is InChI=1S/C27H27N5O4S/c1-17-6-5-7-19(12-17)16-36-21-9-8-18(14-22(21)35-2)13-20-25(28)32-27(29-26(20)34)37-23(30-32)15-24(33)31-10-3-4-11-31/h5-9,12-14,28H,3-4,10-11,15-16H2,1-2H3/b20-13-,28-25?. The minimum Gasteiger partial charge on any atom is -0.493 e. The molecule has 10 heteroatoms. The van der Waals surface area contributed by atoms with Crippen LogP contribution in [-0.4, -0.2) is 58.0 Å². The molecule has 0 saturated carbocycles. The van der Waals surface area contributed by atoms with Crippen LogP contribution in [0.3, 0.4) is 0 Å². The van der Waals surface area contributed by atoms with Crippen LogP contribution in [0.4, 0.5) is 0 Å². The summed E-state index contributed by atoms with van der Waals surface area (Å²) < 4.78 is 11.5. The van der Waals surface area contributed by atoms with Crippen LogP contribution in [0, 0.1) is 12.3 Å². The van der Waals surface area contributed by atoms with E-state index in [4.69, 9.17) is 14.9 Å². The summed E-state index contributed by atoms with van der Waals surface area (Å²) in [6.45, 7) is 3.96. The lowest BCUT2D eigenvalue weighted by Gasteiger charge is -2.20. The molecule has 0 spiro atoms. The molecule has 5 rings (SSSR count). The fourth-order valence-corrected chi connectivity index (χ4v) is 5.21. The molecule has 37 heavy (non-hydrogen) atoms. The number of hydrazone groups is 1. The fraction of sp³-hybridized carbons (Fsp3) is 0.296. The van der Waals surface area contributed by atoms with Crippen LogP contribution in [0.2, 0.25) is 0 Å². The second kappa shape index (κ2) is 10.6. The van der Waals surface area contributed by atoms with Crippen molar-refractivity contribution in [2.45, 2.75) is 32.8 Å². The van der Waals surface area contributed by atoms with Crippen LogP contribution in [0.1, 0.15) is 36.0 Å². The van der Waals surface area contributed by atoms with Crippen molar-refractivity contribution in [3.05, 3.63) is 64.7 Å². The van der Waals surface area contributed by atoms with Gasteiger partial charge in [0.05, 0.1) is 19.1 Å². The third-order valence-electron chi connectivity index (χ3n) is 6.23. The summed E-state index contributed by atoms with van der Waals surface area (Å²) in [5.74, 6) is 0.493. The summed E-state index contributed by atoms with van der Waals surface area (Å²) in [6, 6.07) is 13.4. The van der Waals surface area contributed by atoms with Gasteiger partial charge in [-0.15, -0.1) is 0 Å². The molecule has 1 N–H and O–H groups in total. The molecule has 3 aliphatic heterocycles. The van der Waals surface area contributed by atoms with E-state index in [0.29, 0.717) is 33.9 Å². The van der Waals surface area contributed by atoms with E-state index in [1.54, 1.807) is 31.4 Å². The van der Waals surface area contributed by atoms with Crippen LogP contribution in [0.25, 0.3) is 6.08 Å². The van der Waals surface area contributed by atoms with Crippen LogP contribution in [0.5, 0.6) is 11.5 Å². The summed E-state index contributed by atoms with van der Waals surface area (Å²) in [5.41, 5.74) is 2.97. The lowest BCUT2D eigenvalue weighted by atomic mass is 10.1. The smallest absolute Gasteiger partial charge is 0.283 e. The third kappa shape index (κ3) is 5.43. The molecule has 3 heterocycles. The molecular weight excluding hydrogens is 490 g/mol. The number of aliphatic imine (C=N–C) groups is 1. The number of fused-ring (bicyclic) bond motifs is 1.